The first kappa shape index (κ1) is 41.3. The van der Waals surface area contributed by atoms with Crippen molar-refractivity contribution in [2.24, 2.45) is 0 Å². The lowest BCUT2D eigenvalue weighted by molar-refractivity contribution is -0.252. The molecule has 7 atom stereocenters. The molecule has 0 saturated carbocycles. The molecule has 1 heterocycles. The van der Waals surface area contributed by atoms with Crippen LogP contribution in [-0.4, -0.2) is 117 Å². The van der Waals surface area contributed by atoms with Gasteiger partial charge >= 0.3 is 0 Å². The molecular formula is C39H45NO15S. The number of aliphatic hydroxyl groups excluding tert-OH is 1. The third-order valence-corrected chi connectivity index (χ3v) is 11.8. The lowest BCUT2D eigenvalue weighted by atomic mass is 9.72. The summed E-state index contributed by atoms with van der Waals surface area (Å²) >= 11 is 0. The van der Waals surface area contributed by atoms with Crippen LogP contribution in [0.3, 0.4) is 0 Å². The summed E-state index contributed by atoms with van der Waals surface area (Å²) in [6, 6.07) is 9.85. The van der Waals surface area contributed by atoms with Crippen molar-refractivity contribution in [1.82, 2.24) is 5.32 Å². The number of carbonyl (C=O) groups excluding carboxylic acids is 3. The second-order valence-electron chi connectivity index (χ2n) is 14.1. The number of rotatable bonds is 14. The topological polar surface area (TPSA) is 234 Å². The van der Waals surface area contributed by atoms with Crippen molar-refractivity contribution in [1.29, 1.82) is 0 Å². The molecule has 16 nitrogen and oxygen atoms in total. The van der Waals surface area contributed by atoms with Gasteiger partial charge in [-0.1, -0.05) is 29.8 Å². The first-order valence-electron chi connectivity index (χ1n) is 17.9. The molecular weight excluding hydrogens is 754 g/mol. The lowest BCUT2D eigenvalue weighted by Gasteiger charge is -2.43. The molecule has 0 radical (unpaired) electrons. The van der Waals surface area contributed by atoms with Crippen molar-refractivity contribution in [3.8, 4) is 17.2 Å². The number of aliphatic hydroxyl groups is 2. The highest BCUT2D eigenvalue weighted by Crippen LogP contribution is 2.52. The SMILES string of the molecule is COc1cccc2c1C(=O)c1c(O)c3c(c(O)c1C2=O)C[C@@](O)(C(C)=O)C[C@@H]3O[C@H]1CC(NC(COCCOS(=O)(=O)c2ccc(C)cc2)OC)[C@H](O)[C@H](C)O1. The number of hydrogen-bond donors (Lipinski definition) is 5. The van der Waals surface area contributed by atoms with Gasteiger partial charge in [-0.15, -0.1) is 0 Å². The molecule has 56 heavy (non-hydrogen) atoms. The first-order valence-corrected chi connectivity index (χ1v) is 19.3. The number of ketones is 3. The van der Waals surface area contributed by atoms with Crippen LogP contribution < -0.4 is 10.1 Å². The Morgan fingerprint density at radius 2 is 1.71 bits per heavy atom. The van der Waals surface area contributed by atoms with Gasteiger partial charge in [0.15, 0.2) is 17.9 Å². The van der Waals surface area contributed by atoms with E-state index in [1.807, 2.05) is 6.92 Å². The molecule has 3 aliphatic rings. The molecule has 2 aliphatic carbocycles. The molecule has 1 aliphatic heterocycles. The Morgan fingerprint density at radius 3 is 2.38 bits per heavy atom. The van der Waals surface area contributed by atoms with Crippen LogP contribution in [-0.2, 0) is 44.5 Å². The normalized spacial score (nSPS) is 25.2. The van der Waals surface area contributed by atoms with E-state index < -0.39 is 105 Å². The van der Waals surface area contributed by atoms with Crippen molar-refractivity contribution in [2.75, 3.05) is 34.0 Å². The number of methoxy groups -OCH3 is 2. The highest BCUT2D eigenvalue weighted by molar-refractivity contribution is 7.86. The number of nitrogens with one attached hydrogen (secondary N) is 1. The zero-order chi connectivity index (χ0) is 40.7. The number of ether oxygens (including phenoxy) is 5. The minimum absolute atomic E-state index is 0.0167. The highest BCUT2D eigenvalue weighted by atomic mass is 32.2. The summed E-state index contributed by atoms with van der Waals surface area (Å²) in [5, 5.41) is 49.1. The average Bonchev–Trinajstić information content (AvgIpc) is 3.16. The van der Waals surface area contributed by atoms with E-state index in [1.54, 1.807) is 19.1 Å². The Hall–Kier alpha value is -4.30. The second-order valence-corrected chi connectivity index (χ2v) is 15.7. The summed E-state index contributed by atoms with van der Waals surface area (Å²) in [5.41, 5.74) is -2.55. The monoisotopic (exact) mass is 799 g/mol. The fourth-order valence-corrected chi connectivity index (χ4v) is 8.27. The van der Waals surface area contributed by atoms with Gasteiger partial charge < -0.3 is 44.1 Å². The third kappa shape index (κ3) is 7.83. The number of Topliss-reactive ketones (excluding diaryl/α,β-unsaturated/α-hetero) is 1. The molecule has 3 aromatic carbocycles. The van der Waals surface area contributed by atoms with Crippen LogP contribution in [0.15, 0.2) is 47.4 Å². The minimum Gasteiger partial charge on any atom is -0.507 e. The maximum Gasteiger partial charge on any atom is 0.297 e. The van der Waals surface area contributed by atoms with Gasteiger partial charge in [-0.25, -0.2) is 0 Å². The van der Waals surface area contributed by atoms with Crippen LogP contribution in [0.5, 0.6) is 17.2 Å². The second kappa shape index (κ2) is 16.3. The molecule has 6 rings (SSSR count). The van der Waals surface area contributed by atoms with Crippen molar-refractivity contribution in [3.63, 3.8) is 0 Å². The summed E-state index contributed by atoms with van der Waals surface area (Å²) in [6.07, 6.45) is -6.16. The van der Waals surface area contributed by atoms with Gasteiger partial charge in [0.05, 0.1) is 66.8 Å². The number of aryl methyl sites for hydroxylation is 1. The molecule has 0 amide bonds. The maximum absolute atomic E-state index is 13.9. The molecule has 3 aromatic rings. The van der Waals surface area contributed by atoms with Crippen LogP contribution in [0.25, 0.3) is 0 Å². The molecule has 5 N–H and O–H groups in total. The molecule has 2 unspecified atom stereocenters. The highest BCUT2D eigenvalue weighted by Gasteiger charge is 2.49. The Labute approximate surface area is 323 Å². The quantitative estimate of drug-likeness (QED) is 0.0533. The van der Waals surface area contributed by atoms with Crippen LogP contribution in [0, 0.1) is 6.92 Å². The molecule has 0 spiro atoms. The van der Waals surface area contributed by atoms with E-state index in [9.17, 15) is 43.2 Å². The number of hydrogen-bond acceptors (Lipinski definition) is 16. The number of benzene rings is 3. The van der Waals surface area contributed by atoms with E-state index in [0.717, 1.165) is 12.5 Å². The lowest BCUT2D eigenvalue weighted by Crippen LogP contribution is -2.57. The van der Waals surface area contributed by atoms with E-state index in [1.165, 1.54) is 44.6 Å². The zero-order valence-electron chi connectivity index (χ0n) is 31.4. The number of aromatic hydroxyl groups is 2. The molecule has 0 aromatic heterocycles. The average molecular weight is 800 g/mol. The minimum atomic E-state index is -3.99. The van der Waals surface area contributed by atoms with Gasteiger partial charge in [-0.2, -0.15) is 8.42 Å². The van der Waals surface area contributed by atoms with Crippen molar-refractivity contribution >= 4 is 27.5 Å². The van der Waals surface area contributed by atoms with Gasteiger partial charge in [-0.3, -0.25) is 23.9 Å². The van der Waals surface area contributed by atoms with Gasteiger partial charge in [0.2, 0.25) is 5.78 Å². The summed E-state index contributed by atoms with van der Waals surface area (Å²) in [6.45, 7) is 4.15. The first-order chi connectivity index (χ1) is 26.5. The standard InChI is InChI=1S/C39H45NO15S/c1-19-9-11-22(12-10-19)56(48,49)53-14-13-52-18-28(51-5)40-25-15-29(54-20(2)34(25)42)55-27-17-39(47,21(3)41)16-24-31(27)38(46)33-32(36(24)44)35(43)23-7-6-8-26(50-4)30(23)37(33)45/h6-12,20,25,27-29,34,40,42,44,46-47H,13-18H2,1-5H3/t20-,25?,27-,28?,29-,34+,39-/m0/s1. The smallest absolute Gasteiger partial charge is 0.297 e. The Kier molecular flexibility index (Phi) is 12.0. The third-order valence-electron chi connectivity index (χ3n) is 10.5. The van der Waals surface area contributed by atoms with Crippen molar-refractivity contribution < 1.29 is 71.1 Å². The number of carbonyl (C=O) groups is 3. The zero-order valence-corrected chi connectivity index (χ0v) is 32.3. The fourth-order valence-electron chi connectivity index (χ4n) is 7.38. The van der Waals surface area contributed by atoms with Crippen LogP contribution in [0.4, 0.5) is 0 Å². The molecule has 302 valence electrons. The molecule has 17 heteroatoms. The van der Waals surface area contributed by atoms with Crippen molar-refractivity contribution in [2.45, 2.75) is 87.4 Å². The molecule has 1 fully saturated rings. The Morgan fingerprint density at radius 1 is 1.02 bits per heavy atom. The van der Waals surface area contributed by atoms with E-state index in [2.05, 4.69) is 5.32 Å². The summed E-state index contributed by atoms with van der Waals surface area (Å²) in [4.78, 5) is 40.5. The van der Waals surface area contributed by atoms with E-state index in [0.29, 0.717) is 0 Å². The van der Waals surface area contributed by atoms with Gasteiger partial charge in [0.25, 0.3) is 10.1 Å². The van der Waals surface area contributed by atoms with E-state index in [-0.39, 0.29) is 59.1 Å². The summed E-state index contributed by atoms with van der Waals surface area (Å²) in [5.74, 6) is -3.47. The Bertz CT molecular complexity index is 2120. The van der Waals surface area contributed by atoms with Crippen LogP contribution in [0.1, 0.15) is 81.3 Å². The fraction of sp³-hybridized carbons (Fsp3) is 0.462. The van der Waals surface area contributed by atoms with Gasteiger partial charge in [-0.05, 0) is 39.0 Å². The molecule has 0 bridgehead atoms. The number of phenolic OH excluding ortho intramolecular Hbond substituents is 2. The van der Waals surface area contributed by atoms with Gasteiger partial charge in [0, 0.05) is 49.1 Å². The summed E-state index contributed by atoms with van der Waals surface area (Å²) in [7, 11) is -1.26. The van der Waals surface area contributed by atoms with E-state index >= 15 is 0 Å². The van der Waals surface area contributed by atoms with Crippen LogP contribution in [0.2, 0.25) is 0 Å². The Balaban J connectivity index is 1.20. The van der Waals surface area contributed by atoms with E-state index in [4.69, 9.17) is 27.9 Å². The van der Waals surface area contributed by atoms with Crippen LogP contribution >= 0.6 is 0 Å². The molecule has 1 saturated heterocycles. The summed E-state index contributed by atoms with van der Waals surface area (Å²) < 4.78 is 58.8. The number of phenols is 2. The predicted octanol–water partition coefficient (Wildman–Crippen LogP) is 2.36. The number of fused-ring (bicyclic) bond motifs is 3. The van der Waals surface area contributed by atoms with Gasteiger partial charge in [0.1, 0.15) is 29.1 Å². The largest absolute Gasteiger partial charge is 0.507 e. The maximum atomic E-state index is 13.9. The predicted molar refractivity (Wildman–Crippen MR) is 195 cm³/mol. The van der Waals surface area contributed by atoms with Crippen molar-refractivity contribution in [3.05, 3.63) is 81.4 Å².